The molecule has 0 aliphatic rings. The third-order valence-electron chi connectivity index (χ3n) is 1.07. The summed E-state index contributed by atoms with van der Waals surface area (Å²) in [6.45, 7) is 7.17. The lowest BCUT2D eigenvalue weighted by atomic mass is 10.4. The molecular weight excluding hydrogens is 196 g/mol. The van der Waals surface area contributed by atoms with Crippen LogP contribution in [-0.4, -0.2) is 23.8 Å². The van der Waals surface area contributed by atoms with E-state index in [2.05, 4.69) is 10.3 Å². The van der Waals surface area contributed by atoms with Crippen molar-refractivity contribution in [3.8, 4) is 6.07 Å². The Balaban J connectivity index is 4.48. The van der Waals surface area contributed by atoms with Crippen LogP contribution in [0.15, 0.2) is 10.3 Å². The van der Waals surface area contributed by atoms with Gasteiger partial charge >= 0.3 is 0 Å². The highest BCUT2D eigenvalue weighted by Gasteiger charge is 2.06. The minimum atomic E-state index is -0.118. The molecule has 0 aromatic rings. The first-order valence-corrected chi connectivity index (χ1v) is 4.61. The highest BCUT2D eigenvalue weighted by atomic mass is 16.6. The van der Waals surface area contributed by atoms with E-state index in [0.29, 0.717) is 0 Å². The van der Waals surface area contributed by atoms with E-state index in [1.54, 1.807) is 33.8 Å². The number of nitrogens with zero attached hydrogens (tertiary/aromatic N) is 3. The zero-order valence-corrected chi connectivity index (χ0v) is 9.39. The van der Waals surface area contributed by atoms with Crippen LogP contribution in [-0.2, 0) is 9.68 Å². The molecule has 0 aromatic carbocycles. The minimum absolute atomic E-state index is 0.0909. The fourth-order valence-corrected chi connectivity index (χ4v) is 0.488. The molecule has 0 amide bonds. The zero-order chi connectivity index (χ0) is 11.8. The molecule has 0 heterocycles. The van der Waals surface area contributed by atoms with E-state index >= 15 is 0 Å². The molecule has 84 valence electrons. The van der Waals surface area contributed by atoms with Gasteiger partial charge in [-0.1, -0.05) is 10.3 Å². The molecule has 0 saturated heterocycles. The van der Waals surface area contributed by atoms with Crippen LogP contribution < -0.4 is 5.73 Å². The molecule has 0 spiro atoms. The molecule has 0 fully saturated rings. The Hall–Kier alpha value is -1.77. The van der Waals surface area contributed by atoms with Gasteiger partial charge in [-0.2, -0.15) is 5.26 Å². The zero-order valence-electron chi connectivity index (χ0n) is 9.39. The van der Waals surface area contributed by atoms with Gasteiger partial charge in [0.15, 0.2) is 0 Å². The predicted octanol–water partition coefficient (Wildman–Crippen LogP) is 0.988. The standard InChI is InChI=1S/C9H16N4O2/c1-6(2)14-12-8(5-10)9(11)13-15-7(3)4/h6-7H,1-4H3,(H2,11,13). The molecule has 0 aromatic heterocycles. The van der Waals surface area contributed by atoms with Crippen LogP contribution in [0.2, 0.25) is 0 Å². The predicted molar refractivity (Wildman–Crippen MR) is 57.1 cm³/mol. The van der Waals surface area contributed by atoms with Gasteiger partial charge in [-0.25, -0.2) is 0 Å². The van der Waals surface area contributed by atoms with Crippen LogP contribution in [0.5, 0.6) is 0 Å². The molecule has 15 heavy (non-hydrogen) atoms. The Bertz CT molecular complexity index is 289. The summed E-state index contributed by atoms with van der Waals surface area (Å²) in [5, 5.41) is 15.8. The van der Waals surface area contributed by atoms with E-state index in [4.69, 9.17) is 20.7 Å². The molecule has 6 nitrogen and oxygen atoms in total. The molecule has 0 bridgehead atoms. The Kier molecular flexibility index (Phi) is 5.86. The number of hydrogen-bond acceptors (Lipinski definition) is 5. The monoisotopic (exact) mass is 212 g/mol. The molecule has 6 heteroatoms. The van der Waals surface area contributed by atoms with Gasteiger partial charge < -0.3 is 15.4 Å². The molecule has 0 atom stereocenters. The second-order valence-corrected chi connectivity index (χ2v) is 3.34. The fourth-order valence-electron chi connectivity index (χ4n) is 0.488. The molecule has 0 radical (unpaired) electrons. The fraction of sp³-hybridized carbons (Fsp3) is 0.667. The summed E-state index contributed by atoms with van der Waals surface area (Å²) in [5.41, 5.74) is 5.36. The van der Waals surface area contributed by atoms with Gasteiger partial charge in [0.25, 0.3) is 0 Å². The van der Waals surface area contributed by atoms with E-state index in [1.165, 1.54) is 0 Å². The molecule has 0 saturated carbocycles. The lowest BCUT2D eigenvalue weighted by Gasteiger charge is -2.04. The van der Waals surface area contributed by atoms with E-state index in [0.717, 1.165) is 0 Å². The summed E-state index contributed by atoms with van der Waals surface area (Å²) in [4.78, 5) is 9.74. The number of oxime groups is 2. The summed E-state index contributed by atoms with van der Waals surface area (Å²) in [5.74, 6) is -0.0909. The Labute approximate surface area is 89.3 Å². The lowest BCUT2D eigenvalue weighted by molar-refractivity contribution is 0.0832. The van der Waals surface area contributed by atoms with Gasteiger partial charge in [0.2, 0.25) is 11.5 Å². The van der Waals surface area contributed by atoms with Gasteiger partial charge in [0, 0.05) is 0 Å². The smallest absolute Gasteiger partial charge is 0.224 e. The summed E-state index contributed by atoms with van der Waals surface area (Å²) in [7, 11) is 0. The lowest BCUT2D eigenvalue weighted by Crippen LogP contribution is -2.24. The second kappa shape index (κ2) is 6.65. The van der Waals surface area contributed by atoms with Gasteiger partial charge in [-0.3, -0.25) is 0 Å². The van der Waals surface area contributed by atoms with Crippen molar-refractivity contribution < 1.29 is 9.68 Å². The topological polar surface area (TPSA) is 93.0 Å². The normalized spacial score (nSPS) is 12.9. The van der Waals surface area contributed by atoms with Crippen molar-refractivity contribution in [3.63, 3.8) is 0 Å². The number of rotatable bonds is 5. The average molecular weight is 212 g/mol. The van der Waals surface area contributed by atoms with E-state index in [-0.39, 0.29) is 23.8 Å². The summed E-state index contributed by atoms with van der Waals surface area (Å²) in [6.07, 6.45) is -0.221. The van der Waals surface area contributed by atoms with Crippen molar-refractivity contribution >= 4 is 11.5 Å². The molecule has 0 rings (SSSR count). The Morgan fingerprint density at radius 3 is 2.00 bits per heavy atom. The third kappa shape index (κ3) is 6.32. The van der Waals surface area contributed by atoms with Gasteiger partial charge in [0.05, 0.1) is 0 Å². The van der Waals surface area contributed by atoms with Crippen LogP contribution in [0.3, 0.4) is 0 Å². The molecule has 0 aliphatic carbocycles. The molecule has 0 unspecified atom stereocenters. The largest absolute Gasteiger partial charge is 0.392 e. The Morgan fingerprint density at radius 1 is 1.13 bits per heavy atom. The summed E-state index contributed by atoms with van der Waals surface area (Å²) >= 11 is 0. The van der Waals surface area contributed by atoms with Crippen LogP contribution in [0.1, 0.15) is 27.7 Å². The minimum Gasteiger partial charge on any atom is -0.392 e. The van der Waals surface area contributed by atoms with Crippen molar-refractivity contribution in [3.05, 3.63) is 0 Å². The first-order chi connectivity index (χ1) is 6.97. The average Bonchev–Trinajstić information content (AvgIpc) is 2.15. The number of hydrogen-bond donors (Lipinski definition) is 1. The van der Waals surface area contributed by atoms with Gasteiger partial charge in [0.1, 0.15) is 18.3 Å². The highest BCUT2D eigenvalue weighted by molar-refractivity contribution is 6.46. The van der Waals surface area contributed by atoms with Gasteiger partial charge in [-0.15, -0.1) is 0 Å². The van der Waals surface area contributed by atoms with Crippen molar-refractivity contribution in [2.45, 2.75) is 39.9 Å². The van der Waals surface area contributed by atoms with Crippen molar-refractivity contribution in [2.24, 2.45) is 16.0 Å². The van der Waals surface area contributed by atoms with Crippen molar-refractivity contribution in [2.75, 3.05) is 0 Å². The van der Waals surface area contributed by atoms with Crippen LogP contribution >= 0.6 is 0 Å². The van der Waals surface area contributed by atoms with Crippen LogP contribution in [0.4, 0.5) is 0 Å². The second-order valence-electron chi connectivity index (χ2n) is 3.34. The third-order valence-corrected chi connectivity index (χ3v) is 1.07. The van der Waals surface area contributed by atoms with E-state index in [9.17, 15) is 0 Å². The first kappa shape index (κ1) is 13.2. The maximum absolute atomic E-state index is 8.70. The molecule has 0 aliphatic heterocycles. The quantitative estimate of drug-likeness (QED) is 0.417. The van der Waals surface area contributed by atoms with Gasteiger partial charge in [-0.05, 0) is 27.7 Å². The first-order valence-electron chi connectivity index (χ1n) is 4.61. The van der Waals surface area contributed by atoms with Crippen LogP contribution in [0, 0.1) is 11.3 Å². The summed E-state index contributed by atoms with van der Waals surface area (Å²) < 4.78 is 0. The maximum atomic E-state index is 8.70. The Morgan fingerprint density at radius 2 is 1.60 bits per heavy atom. The van der Waals surface area contributed by atoms with Crippen molar-refractivity contribution in [1.82, 2.24) is 0 Å². The highest BCUT2D eigenvalue weighted by Crippen LogP contribution is 1.92. The molecule has 2 N–H and O–H groups in total. The van der Waals surface area contributed by atoms with E-state index in [1.807, 2.05) is 0 Å². The number of amidine groups is 1. The van der Waals surface area contributed by atoms with E-state index < -0.39 is 0 Å². The summed E-state index contributed by atoms with van der Waals surface area (Å²) in [6, 6.07) is 1.77. The van der Waals surface area contributed by atoms with Crippen LogP contribution in [0.25, 0.3) is 0 Å². The number of nitrogens with two attached hydrogens (primary N) is 1. The molecular formula is C9H16N4O2. The number of nitriles is 1. The van der Waals surface area contributed by atoms with Crippen molar-refractivity contribution in [1.29, 1.82) is 5.26 Å². The maximum Gasteiger partial charge on any atom is 0.224 e. The SMILES string of the molecule is CC(C)ON=C(N)C(C#N)=NOC(C)C.